The van der Waals surface area contributed by atoms with Gasteiger partial charge in [-0.25, -0.2) is 0 Å². The van der Waals surface area contributed by atoms with E-state index in [1.54, 1.807) is 0 Å². The molecule has 1 aliphatic carbocycles. The average Bonchev–Trinajstić information content (AvgIpc) is 2.24. The summed E-state index contributed by atoms with van der Waals surface area (Å²) in [5, 5.41) is 0. The molecule has 0 radical (unpaired) electrons. The molecule has 2 rings (SSSR count). The molecule has 2 nitrogen and oxygen atoms in total. The molecule has 0 fully saturated rings. The minimum atomic E-state index is 0.239. The van der Waals surface area contributed by atoms with Gasteiger partial charge in [-0.1, -0.05) is 41.5 Å². The zero-order chi connectivity index (χ0) is 13.6. The molecule has 2 unspecified atom stereocenters. The van der Waals surface area contributed by atoms with Gasteiger partial charge in [0.25, 0.3) is 0 Å². The van der Waals surface area contributed by atoms with Crippen molar-refractivity contribution in [3.63, 3.8) is 0 Å². The molecule has 1 aromatic rings. The summed E-state index contributed by atoms with van der Waals surface area (Å²) in [6.07, 6.45) is 5.99. The lowest BCUT2D eigenvalue weighted by molar-refractivity contribution is 0.104. The zero-order valence-corrected chi connectivity index (χ0v) is 12.6. The van der Waals surface area contributed by atoms with E-state index in [4.69, 9.17) is 0 Å². The second-order valence-electron chi connectivity index (χ2n) is 7.74. The van der Waals surface area contributed by atoms with Gasteiger partial charge in [-0.05, 0) is 29.6 Å². The van der Waals surface area contributed by atoms with Crippen molar-refractivity contribution in [3.05, 3.63) is 23.8 Å². The molecule has 0 saturated heterocycles. The fourth-order valence-corrected chi connectivity index (χ4v) is 3.43. The molecule has 2 heteroatoms. The van der Waals surface area contributed by atoms with Crippen LogP contribution in [0.25, 0.3) is 0 Å². The number of hydrogen-bond acceptors (Lipinski definition) is 2. The fourth-order valence-electron chi connectivity index (χ4n) is 3.43. The van der Waals surface area contributed by atoms with Crippen molar-refractivity contribution in [1.82, 2.24) is 9.97 Å². The maximum atomic E-state index is 4.67. The maximum Gasteiger partial charge on any atom is 0.0657 e. The highest BCUT2D eigenvalue weighted by atomic mass is 14.8. The van der Waals surface area contributed by atoms with Gasteiger partial charge < -0.3 is 0 Å². The first-order valence-electron chi connectivity index (χ1n) is 7.01. The van der Waals surface area contributed by atoms with Crippen LogP contribution in [0.1, 0.15) is 65.3 Å². The van der Waals surface area contributed by atoms with Crippen LogP contribution in [0.15, 0.2) is 12.4 Å². The normalized spacial score (nSPS) is 24.8. The zero-order valence-electron chi connectivity index (χ0n) is 12.6. The topological polar surface area (TPSA) is 25.8 Å². The van der Waals surface area contributed by atoms with Crippen LogP contribution in [-0.2, 0) is 6.42 Å². The highest BCUT2D eigenvalue weighted by Crippen LogP contribution is 2.51. The van der Waals surface area contributed by atoms with Crippen molar-refractivity contribution in [3.8, 4) is 0 Å². The molecule has 0 aromatic carbocycles. The predicted molar refractivity (Wildman–Crippen MR) is 75.5 cm³/mol. The van der Waals surface area contributed by atoms with Crippen LogP contribution in [0.3, 0.4) is 0 Å². The largest absolute Gasteiger partial charge is 0.258 e. The summed E-state index contributed by atoms with van der Waals surface area (Å²) in [4.78, 5) is 9.21. The second kappa shape index (κ2) is 4.32. The highest BCUT2D eigenvalue weighted by Gasteiger charge is 2.43. The molecule has 1 aliphatic rings. The summed E-state index contributed by atoms with van der Waals surface area (Å²) in [6.45, 7) is 14.1. The first kappa shape index (κ1) is 13.5. The molecule has 100 valence electrons. The molecule has 0 amide bonds. The van der Waals surface area contributed by atoms with Crippen LogP contribution in [0.2, 0.25) is 0 Å². The number of hydrogen-bond donors (Lipinski definition) is 0. The smallest absolute Gasteiger partial charge is 0.0657 e. The van der Waals surface area contributed by atoms with Gasteiger partial charge in [0.15, 0.2) is 0 Å². The van der Waals surface area contributed by atoms with Crippen LogP contribution in [0.5, 0.6) is 0 Å². The lowest BCUT2D eigenvalue weighted by Crippen LogP contribution is -2.38. The van der Waals surface area contributed by atoms with Crippen LogP contribution in [0, 0.1) is 16.7 Å². The molecule has 1 aromatic heterocycles. The van der Waals surface area contributed by atoms with Gasteiger partial charge in [-0.2, -0.15) is 0 Å². The number of rotatable bonds is 0. The maximum absolute atomic E-state index is 4.67. The molecular formula is C16H26N2. The van der Waals surface area contributed by atoms with Gasteiger partial charge in [-0.15, -0.1) is 0 Å². The van der Waals surface area contributed by atoms with E-state index in [0.717, 1.165) is 6.42 Å². The Balaban J connectivity index is 2.50. The molecule has 0 N–H and O–H groups in total. The summed E-state index contributed by atoms with van der Waals surface area (Å²) >= 11 is 0. The van der Waals surface area contributed by atoms with Crippen molar-refractivity contribution in [2.45, 2.75) is 60.3 Å². The summed E-state index contributed by atoms with van der Waals surface area (Å²) in [5.41, 5.74) is 3.03. The van der Waals surface area contributed by atoms with Gasteiger partial charge in [0, 0.05) is 18.3 Å². The Labute approximate surface area is 111 Å². The first-order valence-corrected chi connectivity index (χ1v) is 7.01. The molecule has 0 saturated carbocycles. The number of aryl methyl sites for hydroxylation is 1. The van der Waals surface area contributed by atoms with Crippen molar-refractivity contribution < 1.29 is 0 Å². The van der Waals surface area contributed by atoms with Crippen molar-refractivity contribution in [2.24, 2.45) is 16.7 Å². The van der Waals surface area contributed by atoms with E-state index >= 15 is 0 Å². The third-order valence-electron chi connectivity index (χ3n) is 4.24. The average molecular weight is 246 g/mol. The SMILES string of the molecule is CC(C)(C)C1CCc2nccnc2C1C(C)(C)C. The number of fused-ring (bicyclic) bond motifs is 1. The molecule has 0 spiro atoms. The van der Waals surface area contributed by atoms with Gasteiger partial charge in [0.2, 0.25) is 0 Å². The predicted octanol–water partition coefficient (Wildman–Crippen LogP) is 4.21. The molecule has 0 bridgehead atoms. The summed E-state index contributed by atoms with van der Waals surface area (Å²) < 4.78 is 0. The Hall–Kier alpha value is -0.920. The van der Waals surface area contributed by atoms with Gasteiger partial charge >= 0.3 is 0 Å². The van der Waals surface area contributed by atoms with E-state index in [1.165, 1.54) is 17.8 Å². The summed E-state index contributed by atoms with van der Waals surface area (Å²) in [5.74, 6) is 1.19. The minimum Gasteiger partial charge on any atom is -0.258 e. The van der Waals surface area contributed by atoms with E-state index in [2.05, 4.69) is 51.5 Å². The van der Waals surface area contributed by atoms with Gasteiger partial charge in [0.1, 0.15) is 0 Å². The third kappa shape index (κ3) is 2.43. The Bertz CT molecular complexity index is 423. The van der Waals surface area contributed by atoms with Crippen LogP contribution < -0.4 is 0 Å². The van der Waals surface area contributed by atoms with Crippen molar-refractivity contribution in [1.29, 1.82) is 0 Å². The summed E-state index contributed by atoms with van der Waals surface area (Å²) in [6, 6.07) is 0. The highest BCUT2D eigenvalue weighted by molar-refractivity contribution is 5.23. The second-order valence-corrected chi connectivity index (χ2v) is 7.74. The Morgan fingerprint density at radius 3 is 2.11 bits per heavy atom. The van der Waals surface area contributed by atoms with Gasteiger partial charge in [-0.3, -0.25) is 9.97 Å². The Kier molecular flexibility index (Phi) is 3.25. The van der Waals surface area contributed by atoms with Crippen molar-refractivity contribution >= 4 is 0 Å². The molecule has 0 aliphatic heterocycles. The van der Waals surface area contributed by atoms with Crippen LogP contribution >= 0.6 is 0 Å². The Morgan fingerprint density at radius 1 is 0.944 bits per heavy atom. The van der Waals surface area contributed by atoms with E-state index in [-0.39, 0.29) is 5.41 Å². The first-order chi connectivity index (χ1) is 8.21. The number of nitrogens with zero attached hydrogens (tertiary/aromatic N) is 2. The summed E-state index contributed by atoms with van der Waals surface area (Å²) in [7, 11) is 0. The standard InChI is InChI=1S/C16H26N2/c1-15(2,3)11-7-8-12-14(18-10-9-17-12)13(11)16(4,5)6/h9-11,13H,7-8H2,1-6H3. The number of aromatic nitrogens is 2. The lowest BCUT2D eigenvalue weighted by atomic mass is 9.59. The van der Waals surface area contributed by atoms with Gasteiger partial charge in [0.05, 0.1) is 11.4 Å². The third-order valence-corrected chi connectivity index (χ3v) is 4.24. The molecule has 1 heterocycles. The van der Waals surface area contributed by atoms with Crippen LogP contribution in [0.4, 0.5) is 0 Å². The fraction of sp³-hybridized carbons (Fsp3) is 0.750. The van der Waals surface area contributed by atoms with Crippen LogP contribution in [-0.4, -0.2) is 9.97 Å². The van der Waals surface area contributed by atoms with E-state index < -0.39 is 0 Å². The monoisotopic (exact) mass is 246 g/mol. The van der Waals surface area contributed by atoms with E-state index in [9.17, 15) is 0 Å². The van der Waals surface area contributed by atoms with E-state index in [0.29, 0.717) is 17.3 Å². The van der Waals surface area contributed by atoms with E-state index in [1.807, 2.05) is 12.4 Å². The lowest BCUT2D eigenvalue weighted by Gasteiger charge is -2.46. The molecule has 18 heavy (non-hydrogen) atoms. The molecule has 2 atom stereocenters. The minimum absolute atomic E-state index is 0.239. The Morgan fingerprint density at radius 2 is 1.56 bits per heavy atom. The van der Waals surface area contributed by atoms with Crippen molar-refractivity contribution in [2.75, 3.05) is 0 Å². The molecular weight excluding hydrogens is 220 g/mol. The quantitative estimate of drug-likeness (QED) is 0.685.